The number of guanidine groups is 1. The second-order valence-corrected chi connectivity index (χ2v) is 8.19. The lowest BCUT2D eigenvalue weighted by atomic mass is 9.98. The molecule has 150 valence electrons. The number of aryl methyl sites for hydroxylation is 1. The third kappa shape index (κ3) is 7.86. The Bertz CT molecular complexity index is 804. The molecule has 5 nitrogen and oxygen atoms in total. The smallest absolute Gasteiger partial charge is 0.280 e. The number of hydrogen-bond donors (Lipinski definition) is 2. The van der Waals surface area contributed by atoms with Gasteiger partial charge in [0.1, 0.15) is 4.34 Å². The van der Waals surface area contributed by atoms with Gasteiger partial charge in [-0.2, -0.15) is 4.99 Å². The second kappa shape index (κ2) is 11.7. The van der Waals surface area contributed by atoms with E-state index in [1.54, 1.807) is 12.1 Å². The van der Waals surface area contributed by atoms with Crippen molar-refractivity contribution in [1.82, 2.24) is 4.90 Å². The zero-order valence-corrected chi connectivity index (χ0v) is 18.8. The molecule has 4 N–H and O–H groups in total. The van der Waals surface area contributed by atoms with Gasteiger partial charge in [-0.1, -0.05) is 29.3 Å². The van der Waals surface area contributed by atoms with Gasteiger partial charge in [0.25, 0.3) is 5.91 Å². The molecule has 0 aliphatic carbocycles. The molecule has 1 aromatic carbocycles. The van der Waals surface area contributed by atoms with Gasteiger partial charge in [-0.05, 0) is 62.8 Å². The third-order valence-electron chi connectivity index (χ3n) is 3.51. The molecule has 2 aromatic rings. The number of halogens is 4. The lowest BCUT2D eigenvalue weighted by Crippen LogP contribution is -2.24. The molecule has 27 heavy (non-hydrogen) atoms. The lowest BCUT2D eigenvalue weighted by molar-refractivity contribution is 0.100. The molecular formula is C17H22Cl4N4OS. The lowest BCUT2D eigenvalue weighted by Gasteiger charge is -2.11. The van der Waals surface area contributed by atoms with Crippen molar-refractivity contribution < 1.29 is 4.79 Å². The minimum atomic E-state index is -0.479. The van der Waals surface area contributed by atoms with E-state index in [2.05, 4.69) is 9.89 Å². The Morgan fingerprint density at radius 1 is 1.15 bits per heavy atom. The van der Waals surface area contributed by atoms with E-state index in [0.717, 1.165) is 36.1 Å². The highest BCUT2D eigenvalue weighted by molar-refractivity contribution is 7.20. The molecule has 0 saturated carbocycles. The Kier molecular flexibility index (Phi) is 11.3. The van der Waals surface area contributed by atoms with Gasteiger partial charge in [0.05, 0.1) is 4.34 Å². The maximum absolute atomic E-state index is 12.3. The van der Waals surface area contributed by atoms with Crippen LogP contribution in [0.5, 0.6) is 0 Å². The summed E-state index contributed by atoms with van der Waals surface area (Å²) >= 11 is 13.6. The molecule has 0 unspecified atom stereocenters. The van der Waals surface area contributed by atoms with Crippen LogP contribution in [0.1, 0.15) is 22.3 Å². The maximum Gasteiger partial charge on any atom is 0.280 e. The summed E-state index contributed by atoms with van der Waals surface area (Å²) in [4.78, 5) is 18.0. The van der Waals surface area contributed by atoms with E-state index in [-0.39, 0.29) is 30.8 Å². The van der Waals surface area contributed by atoms with Crippen LogP contribution in [0.2, 0.25) is 8.67 Å². The van der Waals surface area contributed by atoms with Crippen LogP contribution in [-0.2, 0) is 6.42 Å². The Morgan fingerprint density at radius 2 is 1.81 bits per heavy atom. The van der Waals surface area contributed by atoms with Crippen LogP contribution in [0.25, 0.3) is 11.1 Å². The fraction of sp³-hybridized carbons (Fsp3) is 0.294. The van der Waals surface area contributed by atoms with Crippen LogP contribution in [0.15, 0.2) is 29.3 Å². The average Bonchev–Trinajstić information content (AvgIpc) is 2.84. The summed E-state index contributed by atoms with van der Waals surface area (Å²) in [5.74, 6) is -0.741. The number of carbonyl (C=O) groups is 1. The molecular weight excluding hydrogens is 450 g/mol. The quantitative estimate of drug-likeness (QED) is 0.480. The number of thiophene rings is 1. The number of amides is 1. The number of nitrogens with zero attached hydrogens (tertiary/aromatic N) is 2. The molecule has 0 aliphatic heterocycles. The summed E-state index contributed by atoms with van der Waals surface area (Å²) in [6, 6.07) is 7.36. The van der Waals surface area contributed by atoms with Gasteiger partial charge in [0, 0.05) is 11.1 Å². The molecule has 1 aromatic heterocycles. The summed E-state index contributed by atoms with van der Waals surface area (Å²) in [7, 11) is 4.05. The van der Waals surface area contributed by atoms with Gasteiger partial charge in [-0.15, -0.1) is 36.2 Å². The molecule has 1 amide bonds. The average molecular weight is 472 g/mol. The molecule has 0 aliphatic rings. The Labute approximate surface area is 185 Å². The van der Waals surface area contributed by atoms with Crippen LogP contribution in [0.4, 0.5) is 0 Å². The minimum Gasteiger partial charge on any atom is -0.370 e. The summed E-state index contributed by atoms with van der Waals surface area (Å²) in [6.07, 6.45) is 1.79. The first kappa shape index (κ1) is 26.0. The van der Waals surface area contributed by atoms with Crippen molar-refractivity contribution in [3.05, 3.63) is 44.1 Å². The highest BCUT2D eigenvalue weighted by Gasteiger charge is 2.14. The number of rotatable bonds is 6. The molecule has 0 spiro atoms. The van der Waals surface area contributed by atoms with E-state index < -0.39 is 5.91 Å². The number of benzene rings is 1. The normalized spacial score (nSPS) is 10.1. The van der Waals surface area contributed by atoms with Gasteiger partial charge in [-0.3, -0.25) is 4.79 Å². The number of carbonyl (C=O) groups excluding carboxylic acids is 1. The molecule has 0 radical (unpaired) electrons. The van der Waals surface area contributed by atoms with E-state index >= 15 is 0 Å². The van der Waals surface area contributed by atoms with Gasteiger partial charge >= 0.3 is 0 Å². The highest BCUT2D eigenvalue weighted by atomic mass is 35.5. The Morgan fingerprint density at radius 3 is 2.33 bits per heavy atom. The molecule has 0 bridgehead atoms. The van der Waals surface area contributed by atoms with Gasteiger partial charge in [-0.25, -0.2) is 0 Å². The van der Waals surface area contributed by atoms with Crippen LogP contribution in [-0.4, -0.2) is 37.4 Å². The molecule has 0 atom stereocenters. The standard InChI is InChI=1S/C17H20Cl2N4OS.2ClH/c1-23(2)5-3-4-10-6-11(13-9-14(18)25-15(13)19)8-12(7-10)16(24)22-17(20)21;;/h6-9H,3-5H2,1-2H3,(H4,20,21,22,24);2*1H. The fourth-order valence-electron chi connectivity index (χ4n) is 2.43. The first-order valence-electron chi connectivity index (χ1n) is 7.64. The van der Waals surface area contributed by atoms with Crippen molar-refractivity contribution in [3.63, 3.8) is 0 Å². The highest BCUT2D eigenvalue weighted by Crippen LogP contribution is 2.38. The van der Waals surface area contributed by atoms with Crippen LogP contribution in [0, 0.1) is 0 Å². The molecule has 0 fully saturated rings. The summed E-state index contributed by atoms with van der Waals surface area (Å²) in [6.45, 7) is 0.951. The fourth-order valence-corrected chi connectivity index (χ4v) is 3.94. The van der Waals surface area contributed by atoms with Crippen LogP contribution >= 0.6 is 59.4 Å². The molecule has 1 heterocycles. The number of hydrogen-bond acceptors (Lipinski definition) is 3. The summed E-state index contributed by atoms with van der Waals surface area (Å²) < 4.78 is 1.17. The number of nitrogens with two attached hydrogens (primary N) is 2. The van der Waals surface area contributed by atoms with Crippen molar-refractivity contribution in [2.75, 3.05) is 20.6 Å². The largest absolute Gasteiger partial charge is 0.370 e. The van der Waals surface area contributed by atoms with Gasteiger partial charge in [0.2, 0.25) is 0 Å². The van der Waals surface area contributed by atoms with Gasteiger partial charge < -0.3 is 16.4 Å². The first-order chi connectivity index (χ1) is 11.8. The van der Waals surface area contributed by atoms with Crippen molar-refractivity contribution >= 4 is 71.2 Å². The van der Waals surface area contributed by atoms with Crippen molar-refractivity contribution in [1.29, 1.82) is 0 Å². The molecule has 10 heteroatoms. The molecule has 0 saturated heterocycles. The SMILES string of the molecule is CN(C)CCCc1cc(C(=O)N=C(N)N)cc(-c2cc(Cl)sc2Cl)c1.Cl.Cl. The predicted molar refractivity (Wildman–Crippen MR) is 121 cm³/mol. The first-order valence-corrected chi connectivity index (χ1v) is 9.21. The third-order valence-corrected chi connectivity index (χ3v) is 5.00. The van der Waals surface area contributed by atoms with Crippen molar-refractivity contribution in [2.24, 2.45) is 16.5 Å². The van der Waals surface area contributed by atoms with Crippen LogP contribution in [0.3, 0.4) is 0 Å². The zero-order chi connectivity index (χ0) is 18.6. The van der Waals surface area contributed by atoms with E-state index in [4.69, 9.17) is 34.7 Å². The van der Waals surface area contributed by atoms with E-state index in [9.17, 15) is 4.79 Å². The Hall–Kier alpha value is -1.02. The van der Waals surface area contributed by atoms with E-state index in [1.807, 2.05) is 26.2 Å². The number of aliphatic imine (C=N–C) groups is 1. The van der Waals surface area contributed by atoms with E-state index in [0.29, 0.717) is 14.2 Å². The summed E-state index contributed by atoms with van der Waals surface area (Å²) in [5.41, 5.74) is 13.7. The van der Waals surface area contributed by atoms with Gasteiger partial charge in [0.15, 0.2) is 5.96 Å². The van der Waals surface area contributed by atoms with Crippen molar-refractivity contribution in [2.45, 2.75) is 12.8 Å². The predicted octanol–water partition coefficient (Wildman–Crippen LogP) is 4.47. The topological polar surface area (TPSA) is 84.7 Å². The Balaban J connectivity index is 0.00000338. The van der Waals surface area contributed by atoms with Crippen LogP contribution < -0.4 is 11.5 Å². The summed E-state index contributed by atoms with van der Waals surface area (Å²) in [5, 5.41) is 0. The van der Waals surface area contributed by atoms with E-state index in [1.165, 1.54) is 11.3 Å². The maximum atomic E-state index is 12.3. The minimum absolute atomic E-state index is 0. The second-order valence-electron chi connectivity index (χ2n) is 5.91. The molecule has 2 rings (SSSR count). The zero-order valence-electron chi connectivity index (χ0n) is 14.9. The monoisotopic (exact) mass is 470 g/mol. The van der Waals surface area contributed by atoms with Crippen molar-refractivity contribution in [3.8, 4) is 11.1 Å².